The summed E-state index contributed by atoms with van der Waals surface area (Å²) in [5.74, 6) is -0.0349. The summed E-state index contributed by atoms with van der Waals surface area (Å²) in [6, 6.07) is -0.626. The van der Waals surface area contributed by atoms with Crippen molar-refractivity contribution >= 4 is 11.9 Å². The van der Waals surface area contributed by atoms with E-state index in [-0.39, 0.29) is 18.5 Å². The minimum absolute atomic E-state index is 0.0239. The highest BCUT2D eigenvalue weighted by Crippen LogP contribution is 2.20. The third-order valence-electron chi connectivity index (χ3n) is 19.3. The quantitative estimate of drug-likeness (QED) is 0.0320. The van der Waals surface area contributed by atoms with Crippen LogP contribution in [-0.2, 0) is 14.3 Å². The zero-order valence-corrected chi connectivity index (χ0v) is 59.5. The largest absolute Gasteiger partial charge is 0.466 e. The SMILES string of the molecule is CCCCCCCCCCCCCCCCCCCCCCCCC/C=C/C(O)C(CO)NC(=O)CCCCCCCCCCCCCCCCCCCCCCCCCCCCCCOC(=O)CCCCCCCCCCCCCCCCCCC. The second-order valence-electron chi connectivity index (χ2n) is 28.1. The number of rotatable bonds is 77. The number of allylic oxidation sites excluding steroid dienone is 1. The van der Waals surface area contributed by atoms with E-state index in [0.717, 1.165) is 38.5 Å². The molecule has 0 saturated carbocycles. The molecule has 0 aromatic carbocycles. The lowest BCUT2D eigenvalue weighted by molar-refractivity contribution is -0.143. The van der Waals surface area contributed by atoms with Crippen molar-refractivity contribution in [1.82, 2.24) is 5.32 Å². The summed E-state index contributed by atoms with van der Waals surface area (Å²) < 4.78 is 5.52. The molecule has 0 saturated heterocycles. The lowest BCUT2D eigenvalue weighted by atomic mass is 10.0. The molecule has 0 fully saturated rings. The van der Waals surface area contributed by atoms with Crippen LogP contribution in [0.1, 0.15) is 470 Å². The first-order chi connectivity index (χ1) is 43.0. The molecule has 87 heavy (non-hydrogen) atoms. The summed E-state index contributed by atoms with van der Waals surface area (Å²) in [4.78, 5) is 24.7. The number of carbonyl (C=O) groups is 2. The van der Waals surface area contributed by atoms with Crippen LogP contribution in [0.4, 0.5) is 0 Å². The second-order valence-corrected chi connectivity index (χ2v) is 28.1. The molecule has 0 aliphatic rings. The minimum Gasteiger partial charge on any atom is -0.466 e. The standard InChI is InChI=1S/C81H159NO5/c1-3-5-7-9-11-13-15-17-19-21-22-23-24-29-32-35-38-42-45-49-53-57-61-65-69-73-79(84)78(77-83)82-80(85)74-70-66-62-58-54-50-46-43-39-36-33-30-27-25-26-28-31-34-37-40-44-48-52-56-60-64-68-72-76-87-81(86)75-71-67-63-59-55-51-47-41-20-18-16-14-12-10-8-6-4-2/h69,73,78-79,83-84H,3-68,70-72,74-77H2,1-2H3,(H,82,85)/b73-69+. The first kappa shape index (κ1) is 85.6. The zero-order chi connectivity index (χ0) is 62.8. The van der Waals surface area contributed by atoms with E-state index in [0.29, 0.717) is 19.4 Å². The number of ether oxygens (including phenoxy) is 1. The Bertz CT molecular complexity index is 1320. The third-order valence-corrected chi connectivity index (χ3v) is 19.3. The Labute approximate surface area is 546 Å². The Balaban J connectivity index is 3.35. The first-order valence-electron chi connectivity index (χ1n) is 40.5. The number of hydrogen-bond acceptors (Lipinski definition) is 5. The van der Waals surface area contributed by atoms with E-state index in [1.54, 1.807) is 6.08 Å². The fourth-order valence-corrected chi connectivity index (χ4v) is 13.2. The summed E-state index contributed by atoms with van der Waals surface area (Å²) in [5.41, 5.74) is 0. The van der Waals surface area contributed by atoms with E-state index in [9.17, 15) is 19.8 Å². The fourth-order valence-electron chi connectivity index (χ4n) is 13.2. The zero-order valence-electron chi connectivity index (χ0n) is 59.5. The van der Waals surface area contributed by atoms with Gasteiger partial charge in [-0.1, -0.05) is 437 Å². The number of aliphatic hydroxyl groups is 2. The van der Waals surface area contributed by atoms with Gasteiger partial charge in [0, 0.05) is 12.8 Å². The number of hydrogen-bond donors (Lipinski definition) is 3. The van der Waals surface area contributed by atoms with Crippen molar-refractivity contribution in [2.24, 2.45) is 0 Å². The smallest absolute Gasteiger partial charge is 0.305 e. The summed E-state index contributed by atoms with van der Waals surface area (Å²) in [5, 5.41) is 23.3. The summed E-state index contributed by atoms with van der Waals surface area (Å²) >= 11 is 0. The van der Waals surface area contributed by atoms with Crippen molar-refractivity contribution in [2.75, 3.05) is 13.2 Å². The van der Waals surface area contributed by atoms with Gasteiger partial charge in [0.05, 0.1) is 25.4 Å². The fraction of sp³-hybridized carbons (Fsp3) is 0.951. The van der Waals surface area contributed by atoms with Gasteiger partial charge in [0.1, 0.15) is 0 Å². The molecule has 0 aromatic heterocycles. The molecule has 0 heterocycles. The van der Waals surface area contributed by atoms with E-state index >= 15 is 0 Å². The third kappa shape index (κ3) is 73.5. The molecular formula is C81H159NO5. The highest BCUT2D eigenvalue weighted by Gasteiger charge is 2.18. The van der Waals surface area contributed by atoms with Crippen LogP contribution in [0, 0.1) is 0 Å². The van der Waals surface area contributed by atoms with Crippen molar-refractivity contribution in [3.63, 3.8) is 0 Å². The molecule has 3 N–H and O–H groups in total. The van der Waals surface area contributed by atoms with Gasteiger partial charge in [-0.05, 0) is 32.1 Å². The molecule has 518 valence electrons. The van der Waals surface area contributed by atoms with Gasteiger partial charge in [-0.25, -0.2) is 0 Å². The van der Waals surface area contributed by atoms with E-state index in [1.165, 1.54) is 405 Å². The van der Waals surface area contributed by atoms with Gasteiger partial charge in [0.15, 0.2) is 0 Å². The molecular weight excluding hydrogens is 1070 g/mol. The highest BCUT2D eigenvalue weighted by molar-refractivity contribution is 5.76. The van der Waals surface area contributed by atoms with Crippen LogP contribution in [0.15, 0.2) is 12.2 Å². The van der Waals surface area contributed by atoms with E-state index in [1.807, 2.05) is 6.08 Å². The van der Waals surface area contributed by atoms with E-state index in [4.69, 9.17) is 4.74 Å². The average molecular weight is 1230 g/mol. The van der Waals surface area contributed by atoms with Crippen molar-refractivity contribution in [3.05, 3.63) is 12.2 Å². The Morgan fingerprint density at radius 1 is 0.310 bits per heavy atom. The molecule has 0 spiro atoms. The van der Waals surface area contributed by atoms with Crippen LogP contribution < -0.4 is 5.32 Å². The Morgan fingerprint density at radius 2 is 0.529 bits per heavy atom. The number of aliphatic hydroxyl groups excluding tert-OH is 2. The molecule has 1 amide bonds. The van der Waals surface area contributed by atoms with E-state index < -0.39 is 12.1 Å². The van der Waals surface area contributed by atoms with Gasteiger partial charge in [-0.2, -0.15) is 0 Å². The maximum atomic E-state index is 12.6. The van der Waals surface area contributed by atoms with Crippen molar-refractivity contribution in [2.45, 2.75) is 482 Å². The predicted molar refractivity (Wildman–Crippen MR) is 384 cm³/mol. The minimum atomic E-state index is -0.843. The Morgan fingerprint density at radius 3 is 0.782 bits per heavy atom. The van der Waals surface area contributed by atoms with Gasteiger partial charge in [0.2, 0.25) is 5.91 Å². The van der Waals surface area contributed by atoms with Gasteiger partial charge in [0.25, 0.3) is 0 Å². The van der Waals surface area contributed by atoms with Crippen LogP contribution in [0.2, 0.25) is 0 Å². The topological polar surface area (TPSA) is 95.9 Å². The first-order valence-corrected chi connectivity index (χ1v) is 40.5. The molecule has 0 aliphatic carbocycles. The predicted octanol–water partition coefficient (Wildman–Crippen LogP) is 26.7. The molecule has 2 unspecified atom stereocenters. The van der Waals surface area contributed by atoms with Crippen LogP contribution in [0.25, 0.3) is 0 Å². The van der Waals surface area contributed by atoms with Crippen molar-refractivity contribution in [3.8, 4) is 0 Å². The van der Waals surface area contributed by atoms with Crippen LogP contribution in [-0.4, -0.2) is 47.4 Å². The van der Waals surface area contributed by atoms with Gasteiger partial charge in [-0.3, -0.25) is 9.59 Å². The summed E-state index contributed by atoms with van der Waals surface area (Å²) in [7, 11) is 0. The lowest BCUT2D eigenvalue weighted by Crippen LogP contribution is -2.45. The van der Waals surface area contributed by atoms with Crippen LogP contribution >= 0.6 is 0 Å². The summed E-state index contributed by atoms with van der Waals surface area (Å²) in [6.07, 6.45) is 97.7. The van der Waals surface area contributed by atoms with Crippen LogP contribution in [0.5, 0.6) is 0 Å². The molecule has 2 atom stereocenters. The number of nitrogens with one attached hydrogen (secondary N) is 1. The maximum Gasteiger partial charge on any atom is 0.305 e. The van der Waals surface area contributed by atoms with Crippen molar-refractivity contribution in [1.29, 1.82) is 0 Å². The number of esters is 1. The number of unbranched alkanes of at least 4 members (excludes halogenated alkanes) is 66. The maximum absolute atomic E-state index is 12.6. The Kier molecular flexibility index (Phi) is 75.8. The average Bonchev–Trinajstić information content (AvgIpc) is 3.58. The molecule has 6 nitrogen and oxygen atoms in total. The van der Waals surface area contributed by atoms with E-state index in [2.05, 4.69) is 19.2 Å². The molecule has 0 aliphatic heterocycles. The Hall–Kier alpha value is -1.40. The molecule has 6 heteroatoms. The van der Waals surface area contributed by atoms with Gasteiger partial charge >= 0.3 is 5.97 Å². The van der Waals surface area contributed by atoms with Gasteiger partial charge < -0.3 is 20.3 Å². The number of carbonyl (C=O) groups excluding carboxylic acids is 2. The van der Waals surface area contributed by atoms with Crippen molar-refractivity contribution < 1.29 is 24.5 Å². The van der Waals surface area contributed by atoms with Crippen LogP contribution in [0.3, 0.4) is 0 Å². The molecule has 0 aromatic rings. The second kappa shape index (κ2) is 77.1. The normalized spacial score (nSPS) is 12.5. The number of amides is 1. The van der Waals surface area contributed by atoms with Gasteiger partial charge in [-0.15, -0.1) is 0 Å². The monoisotopic (exact) mass is 1230 g/mol. The molecule has 0 rings (SSSR count). The molecule has 0 radical (unpaired) electrons. The highest BCUT2D eigenvalue weighted by atomic mass is 16.5. The lowest BCUT2D eigenvalue weighted by Gasteiger charge is -2.20. The molecule has 0 bridgehead atoms. The summed E-state index contributed by atoms with van der Waals surface area (Å²) in [6.45, 7) is 4.97.